The summed E-state index contributed by atoms with van der Waals surface area (Å²) in [6.07, 6.45) is 3.21. The van der Waals surface area contributed by atoms with Crippen molar-refractivity contribution in [3.63, 3.8) is 0 Å². The normalized spacial score (nSPS) is 24.0. The second-order valence-corrected chi connectivity index (χ2v) is 5.70. The number of nitrogens with zero attached hydrogens (tertiary/aromatic N) is 1. The molecule has 1 aromatic rings. The fourth-order valence-electron chi connectivity index (χ4n) is 2.93. The molecule has 0 amide bonds. The van der Waals surface area contributed by atoms with E-state index in [2.05, 4.69) is 4.90 Å². The summed E-state index contributed by atoms with van der Waals surface area (Å²) in [6.45, 7) is 2.60. The molecular weight excluding hydrogens is 273 g/mol. The summed E-state index contributed by atoms with van der Waals surface area (Å²) in [6, 6.07) is 6.52. The van der Waals surface area contributed by atoms with Crippen molar-refractivity contribution in [2.45, 2.75) is 37.9 Å². The van der Waals surface area contributed by atoms with Crippen molar-refractivity contribution < 1.29 is 18.7 Å². The van der Waals surface area contributed by atoms with Crippen LogP contribution in [0.3, 0.4) is 0 Å². The van der Waals surface area contributed by atoms with Gasteiger partial charge in [-0.05, 0) is 31.4 Å². The van der Waals surface area contributed by atoms with Crippen LogP contribution in [-0.4, -0.2) is 42.7 Å². The number of para-hydroxylation sites is 1. The predicted molar refractivity (Wildman–Crippen MR) is 75.6 cm³/mol. The molecule has 114 valence electrons. The van der Waals surface area contributed by atoms with Crippen LogP contribution in [0.1, 0.15) is 25.7 Å². The van der Waals surface area contributed by atoms with Gasteiger partial charge < -0.3 is 9.47 Å². The Hall–Kier alpha value is -1.62. The monoisotopic (exact) mass is 293 g/mol. The highest BCUT2D eigenvalue weighted by Gasteiger charge is 2.28. The van der Waals surface area contributed by atoms with Crippen molar-refractivity contribution in [3.8, 4) is 5.75 Å². The van der Waals surface area contributed by atoms with Gasteiger partial charge in [-0.2, -0.15) is 0 Å². The van der Waals surface area contributed by atoms with E-state index in [1.165, 1.54) is 6.07 Å². The first-order valence-electron chi connectivity index (χ1n) is 7.54. The van der Waals surface area contributed by atoms with Crippen LogP contribution in [0.4, 0.5) is 4.39 Å². The maximum Gasteiger partial charge on any atom is 0.306 e. The first-order valence-corrected chi connectivity index (χ1v) is 7.54. The van der Waals surface area contributed by atoms with Crippen molar-refractivity contribution in [2.75, 3.05) is 19.6 Å². The highest BCUT2D eigenvalue weighted by atomic mass is 19.1. The van der Waals surface area contributed by atoms with Crippen LogP contribution >= 0.6 is 0 Å². The third-order valence-electron chi connectivity index (χ3n) is 4.10. The van der Waals surface area contributed by atoms with Gasteiger partial charge in [0.2, 0.25) is 0 Å². The Morgan fingerprint density at radius 3 is 2.67 bits per heavy atom. The number of likely N-dealkylation sites (tertiary alicyclic amines) is 1. The maximum atomic E-state index is 13.5. The summed E-state index contributed by atoms with van der Waals surface area (Å²) >= 11 is 0. The number of carbonyl (C=O) groups excluding carboxylic acids is 1. The average molecular weight is 293 g/mol. The molecule has 0 saturated carbocycles. The zero-order chi connectivity index (χ0) is 14.7. The van der Waals surface area contributed by atoms with Crippen LogP contribution in [-0.2, 0) is 9.53 Å². The Morgan fingerprint density at radius 2 is 2.00 bits per heavy atom. The Bertz CT molecular complexity index is 500. The molecule has 2 aliphatic rings. The predicted octanol–water partition coefficient (Wildman–Crippen LogP) is 2.37. The van der Waals surface area contributed by atoms with Gasteiger partial charge >= 0.3 is 5.97 Å². The molecule has 0 aliphatic carbocycles. The minimum Gasteiger partial charge on any atom is -0.487 e. The standard InChI is InChI=1S/C16H20FNO3/c17-14-3-1-2-4-15(14)20-12-7-9-18(10-8-12)11-13-5-6-16(19)21-13/h1-4,12-13H,5-11H2/t13-/m0/s1. The van der Waals surface area contributed by atoms with Crippen molar-refractivity contribution in [1.82, 2.24) is 4.90 Å². The quantitative estimate of drug-likeness (QED) is 0.799. The highest BCUT2D eigenvalue weighted by molar-refractivity contribution is 5.71. The molecule has 2 saturated heterocycles. The van der Waals surface area contributed by atoms with E-state index >= 15 is 0 Å². The number of ether oxygens (including phenoxy) is 2. The van der Waals surface area contributed by atoms with Crippen molar-refractivity contribution in [2.24, 2.45) is 0 Å². The fourth-order valence-corrected chi connectivity index (χ4v) is 2.93. The number of piperidine rings is 1. The molecule has 4 nitrogen and oxygen atoms in total. The van der Waals surface area contributed by atoms with E-state index in [9.17, 15) is 9.18 Å². The van der Waals surface area contributed by atoms with E-state index in [-0.39, 0.29) is 24.0 Å². The van der Waals surface area contributed by atoms with E-state index in [1.807, 2.05) is 0 Å². The molecule has 3 rings (SSSR count). The summed E-state index contributed by atoms with van der Waals surface area (Å²) in [5.74, 6) is -0.0590. The SMILES string of the molecule is O=C1CC[C@@H](CN2CCC(Oc3ccccc3F)CC2)O1. The highest BCUT2D eigenvalue weighted by Crippen LogP contribution is 2.23. The van der Waals surface area contributed by atoms with Crippen LogP contribution in [0.2, 0.25) is 0 Å². The van der Waals surface area contributed by atoms with Gasteiger partial charge in [-0.25, -0.2) is 4.39 Å². The topological polar surface area (TPSA) is 38.8 Å². The van der Waals surface area contributed by atoms with Gasteiger partial charge in [0.05, 0.1) is 0 Å². The maximum absolute atomic E-state index is 13.5. The van der Waals surface area contributed by atoms with Crippen molar-refractivity contribution in [1.29, 1.82) is 0 Å². The Labute approximate surface area is 123 Å². The number of carbonyl (C=O) groups is 1. The lowest BCUT2D eigenvalue weighted by atomic mass is 10.1. The van der Waals surface area contributed by atoms with Gasteiger partial charge in [0.1, 0.15) is 12.2 Å². The molecule has 2 heterocycles. The Morgan fingerprint density at radius 1 is 1.24 bits per heavy atom. The minimum atomic E-state index is -0.308. The van der Waals surface area contributed by atoms with Crippen LogP contribution < -0.4 is 4.74 Å². The van der Waals surface area contributed by atoms with Gasteiger partial charge in [-0.3, -0.25) is 9.69 Å². The summed E-state index contributed by atoms with van der Waals surface area (Å²) < 4.78 is 24.5. The molecule has 2 fully saturated rings. The second-order valence-electron chi connectivity index (χ2n) is 5.70. The van der Waals surface area contributed by atoms with E-state index in [0.717, 1.165) is 38.9 Å². The van der Waals surface area contributed by atoms with E-state index in [1.54, 1.807) is 18.2 Å². The molecule has 2 aliphatic heterocycles. The summed E-state index contributed by atoms with van der Waals surface area (Å²) in [4.78, 5) is 13.4. The van der Waals surface area contributed by atoms with E-state index in [4.69, 9.17) is 9.47 Å². The fraction of sp³-hybridized carbons (Fsp3) is 0.562. The zero-order valence-corrected chi connectivity index (χ0v) is 12.0. The lowest BCUT2D eigenvalue weighted by Crippen LogP contribution is -2.41. The van der Waals surface area contributed by atoms with Gasteiger partial charge in [0.25, 0.3) is 0 Å². The minimum absolute atomic E-state index is 0.0431. The smallest absolute Gasteiger partial charge is 0.306 e. The van der Waals surface area contributed by atoms with Crippen LogP contribution in [0, 0.1) is 5.82 Å². The summed E-state index contributed by atoms with van der Waals surface area (Å²) in [5.41, 5.74) is 0. The number of hydrogen-bond acceptors (Lipinski definition) is 4. The third-order valence-corrected chi connectivity index (χ3v) is 4.10. The number of esters is 1. The lowest BCUT2D eigenvalue weighted by molar-refractivity contribution is -0.142. The molecule has 1 atom stereocenters. The first kappa shape index (κ1) is 14.3. The Balaban J connectivity index is 1.45. The zero-order valence-electron chi connectivity index (χ0n) is 12.0. The summed E-state index contributed by atoms with van der Waals surface area (Å²) in [5, 5.41) is 0. The second kappa shape index (κ2) is 6.43. The van der Waals surface area contributed by atoms with Gasteiger partial charge in [0, 0.05) is 26.1 Å². The molecule has 0 spiro atoms. The average Bonchev–Trinajstić information content (AvgIpc) is 2.89. The van der Waals surface area contributed by atoms with E-state index < -0.39 is 0 Å². The molecule has 0 N–H and O–H groups in total. The van der Waals surface area contributed by atoms with Gasteiger partial charge in [0.15, 0.2) is 11.6 Å². The van der Waals surface area contributed by atoms with E-state index in [0.29, 0.717) is 12.2 Å². The number of benzene rings is 1. The molecule has 0 bridgehead atoms. The molecule has 21 heavy (non-hydrogen) atoms. The van der Waals surface area contributed by atoms with Crippen LogP contribution in [0.15, 0.2) is 24.3 Å². The van der Waals surface area contributed by atoms with Crippen LogP contribution in [0.25, 0.3) is 0 Å². The molecular formula is C16H20FNO3. The Kier molecular flexibility index (Phi) is 4.39. The third kappa shape index (κ3) is 3.73. The molecule has 1 aromatic carbocycles. The number of cyclic esters (lactones) is 1. The number of rotatable bonds is 4. The van der Waals surface area contributed by atoms with Crippen molar-refractivity contribution >= 4 is 5.97 Å². The molecule has 0 aromatic heterocycles. The number of hydrogen-bond donors (Lipinski definition) is 0. The largest absolute Gasteiger partial charge is 0.487 e. The molecule has 0 radical (unpaired) electrons. The van der Waals surface area contributed by atoms with Gasteiger partial charge in [-0.15, -0.1) is 0 Å². The lowest BCUT2D eigenvalue weighted by Gasteiger charge is -2.33. The van der Waals surface area contributed by atoms with Crippen LogP contribution in [0.5, 0.6) is 5.75 Å². The summed E-state index contributed by atoms with van der Waals surface area (Å²) in [7, 11) is 0. The van der Waals surface area contributed by atoms with Crippen molar-refractivity contribution in [3.05, 3.63) is 30.1 Å². The first-order chi connectivity index (χ1) is 10.2. The van der Waals surface area contributed by atoms with Gasteiger partial charge in [-0.1, -0.05) is 12.1 Å². The number of halogens is 1. The molecule has 0 unspecified atom stereocenters. The molecule has 5 heteroatoms.